The Morgan fingerprint density at radius 3 is 1.26 bits per heavy atom. The average molecular weight is 531 g/mol. The van der Waals surface area contributed by atoms with Crippen molar-refractivity contribution >= 4 is 45.4 Å². The van der Waals surface area contributed by atoms with Crippen molar-refractivity contribution < 1.29 is 0 Å². The van der Waals surface area contributed by atoms with Crippen LogP contribution in [-0.2, 0) is 0 Å². The predicted molar refractivity (Wildman–Crippen MR) is 161 cm³/mol. The van der Waals surface area contributed by atoms with Crippen LogP contribution in [0.3, 0.4) is 0 Å². The number of nitrogens with one attached hydrogen (secondary N) is 2. The SMILES string of the molecule is C1=C(c2cccs2)NN(c2ccccc2)C1c1ccc(C2C=C(c3cccs3)NN2c2ccccc2)cc1. The van der Waals surface area contributed by atoms with Crippen LogP contribution >= 0.6 is 22.7 Å². The molecule has 0 bridgehead atoms. The van der Waals surface area contributed by atoms with Gasteiger partial charge in [-0.2, -0.15) is 0 Å². The fraction of sp³-hybridized carbons (Fsp3) is 0.0625. The third-order valence-electron chi connectivity index (χ3n) is 6.95. The van der Waals surface area contributed by atoms with Crippen LogP contribution in [0, 0.1) is 0 Å². The molecule has 5 aromatic rings. The fourth-order valence-corrected chi connectivity index (χ4v) is 6.49. The first-order chi connectivity index (χ1) is 18.8. The molecule has 7 rings (SSSR count). The molecule has 38 heavy (non-hydrogen) atoms. The van der Waals surface area contributed by atoms with Crippen molar-refractivity contribution in [2.24, 2.45) is 0 Å². The molecule has 2 unspecified atom stereocenters. The number of nitrogens with zero attached hydrogens (tertiary/aromatic N) is 2. The molecule has 0 saturated carbocycles. The predicted octanol–water partition coefficient (Wildman–Crippen LogP) is 8.02. The van der Waals surface area contributed by atoms with Gasteiger partial charge in [0.25, 0.3) is 0 Å². The molecule has 0 spiro atoms. The molecule has 0 saturated heterocycles. The van der Waals surface area contributed by atoms with Crippen molar-refractivity contribution in [1.29, 1.82) is 0 Å². The monoisotopic (exact) mass is 530 g/mol. The Morgan fingerprint density at radius 2 is 0.895 bits per heavy atom. The van der Waals surface area contributed by atoms with Crippen molar-refractivity contribution in [2.45, 2.75) is 12.1 Å². The minimum Gasteiger partial charge on any atom is -0.296 e. The molecule has 2 aliphatic heterocycles. The van der Waals surface area contributed by atoms with Gasteiger partial charge < -0.3 is 0 Å². The van der Waals surface area contributed by atoms with Gasteiger partial charge in [0.05, 0.1) is 44.6 Å². The number of hydrogen-bond acceptors (Lipinski definition) is 6. The van der Waals surface area contributed by atoms with E-state index in [1.807, 2.05) is 0 Å². The standard InChI is InChI=1S/C32H26N4S2/c1-3-9-25(10-4-1)35-29(21-27(33-35)31-13-7-19-37-31)23-15-17-24(18-16-23)30-22-28(32-14-8-20-38-32)34-36(30)26-11-5-2-6-12-26/h1-22,29-30,33-34H. The molecular weight excluding hydrogens is 505 g/mol. The first-order valence-corrected chi connectivity index (χ1v) is 14.4. The van der Waals surface area contributed by atoms with E-state index < -0.39 is 0 Å². The van der Waals surface area contributed by atoms with Crippen molar-refractivity contribution in [3.05, 3.63) is 153 Å². The van der Waals surface area contributed by atoms with E-state index >= 15 is 0 Å². The number of anilines is 2. The number of para-hydroxylation sites is 2. The summed E-state index contributed by atoms with van der Waals surface area (Å²) in [5.41, 5.74) is 14.4. The van der Waals surface area contributed by atoms with E-state index in [2.05, 4.69) is 153 Å². The Balaban J connectivity index is 1.23. The smallest absolute Gasteiger partial charge is 0.0958 e. The Bertz CT molecular complexity index is 1440. The minimum atomic E-state index is 0.0905. The highest BCUT2D eigenvalue weighted by molar-refractivity contribution is 7.11. The van der Waals surface area contributed by atoms with Gasteiger partial charge in [-0.1, -0.05) is 72.8 Å². The van der Waals surface area contributed by atoms with Crippen molar-refractivity contribution in [1.82, 2.24) is 10.9 Å². The average Bonchev–Trinajstić information content (AvgIpc) is 3.80. The number of rotatable bonds is 6. The molecule has 0 radical (unpaired) electrons. The lowest BCUT2D eigenvalue weighted by Crippen LogP contribution is -2.34. The topological polar surface area (TPSA) is 30.5 Å². The molecule has 3 aromatic carbocycles. The van der Waals surface area contributed by atoms with Crippen LogP contribution in [0.1, 0.15) is 33.0 Å². The van der Waals surface area contributed by atoms with Gasteiger partial charge in [-0.3, -0.25) is 20.9 Å². The normalized spacial score (nSPS) is 18.6. The van der Waals surface area contributed by atoms with E-state index in [-0.39, 0.29) is 12.1 Å². The Kier molecular flexibility index (Phi) is 5.96. The Hall–Kier alpha value is -4.26. The lowest BCUT2D eigenvalue weighted by molar-refractivity contribution is 0.715. The second-order valence-corrected chi connectivity index (χ2v) is 11.2. The maximum absolute atomic E-state index is 3.66. The highest BCUT2D eigenvalue weighted by atomic mass is 32.1. The second kappa shape index (κ2) is 9.89. The summed E-state index contributed by atoms with van der Waals surface area (Å²) in [6.07, 6.45) is 4.66. The van der Waals surface area contributed by atoms with E-state index in [1.165, 1.54) is 20.9 Å². The van der Waals surface area contributed by atoms with Gasteiger partial charge in [-0.25, -0.2) is 0 Å². The van der Waals surface area contributed by atoms with Gasteiger partial charge in [-0.15, -0.1) is 22.7 Å². The van der Waals surface area contributed by atoms with Crippen LogP contribution in [-0.4, -0.2) is 0 Å². The molecule has 0 amide bonds. The van der Waals surface area contributed by atoms with Gasteiger partial charge in [0, 0.05) is 0 Å². The first-order valence-electron chi connectivity index (χ1n) is 12.7. The van der Waals surface area contributed by atoms with E-state index in [4.69, 9.17) is 0 Å². The lowest BCUT2D eigenvalue weighted by atomic mass is 9.99. The molecule has 186 valence electrons. The third-order valence-corrected chi connectivity index (χ3v) is 8.76. The van der Waals surface area contributed by atoms with Gasteiger partial charge in [0.2, 0.25) is 0 Å². The summed E-state index contributed by atoms with van der Waals surface area (Å²) < 4.78 is 0. The lowest BCUT2D eigenvalue weighted by Gasteiger charge is -2.29. The van der Waals surface area contributed by atoms with Crippen molar-refractivity contribution in [2.75, 3.05) is 10.0 Å². The summed E-state index contributed by atoms with van der Waals surface area (Å²) in [4.78, 5) is 2.48. The number of hydrazine groups is 2. The first kappa shape index (κ1) is 22.9. The molecule has 0 aliphatic carbocycles. The van der Waals surface area contributed by atoms with Gasteiger partial charge >= 0.3 is 0 Å². The maximum atomic E-state index is 3.66. The van der Waals surface area contributed by atoms with Crippen LogP contribution in [0.25, 0.3) is 11.4 Å². The van der Waals surface area contributed by atoms with Gasteiger partial charge in [-0.05, 0) is 70.4 Å². The fourth-order valence-electron chi connectivity index (χ4n) is 5.08. The summed E-state index contributed by atoms with van der Waals surface area (Å²) >= 11 is 3.51. The van der Waals surface area contributed by atoms with E-state index in [1.54, 1.807) is 22.7 Å². The molecule has 2 N–H and O–H groups in total. The maximum Gasteiger partial charge on any atom is 0.0958 e. The molecule has 2 aromatic heterocycles. The number of benzene rings is 3. The highest BCUT2D eigenvalue weighted by Crippen LogP contribution is 2.39. The number of thiophene rings is 2. The quantitative estimate of drug-likeness (QED) is 0.233. The van der Waals surface area contributed by atoms with E-state index in [0.29, 0.717) is 0 Å². The molecular formula is C32H26N4S2. The summed E-state index contributed by atoms with van der Waals surface area (Å²) in [5, 5.41) is 8.76. The minimum absolute atomic E-state index is 0.0905. The zero-order chi connectivity index (χ0) is 25.3. The molecule has 2 aliphatic rings. The van der Waals surface area contributed by atoms with Crippen LogP contribution in [0.5, 0.6) is 0 Å². The van der Waals surface area contributed by atoms with Crippen LogP contribution in [0.2, 0.25) is 0 Å². The summed E-state index contributed by atoms with van der Waals surface area (Å²) in [6.45, 7) is 0. The molecule has 6 heteroatoms. The largest absolute Gasteiger partial charge is 0.296 e. The Labute approximate surface area is 230 Å². The molecule has 4 heterocycles. The van der Waals surface area contributed by atoms with Gasteiger partial charge in [0.15, 0.2) is 0 Å². The molecule has 4 nitrogen and oxygen atoms in total. The summed E-state index contributed by atoms with van der Waals surface area (Å²) in [6, 6.07) is 38.9. The molecule has 0 fully saturated rings. The van der Waals surface area contributed by atoms with E-state index in [9.17, 15) is 0 Å². The Morgan fingerprint density at radius 1 is 0.474 bits per heavy atom. The summed E-state index contributed by atoms with van der Waals surface area (Å²) in [7, 11) is 0. The van der Waals surface area contributed by atoms with Crippen LogP contribution < -0.4 is 20.9 Å². The van der Waals surface area contributed by atoms with Gasteiger partial charge in [0.1, 0.15) is 0 Å². The van der Waals surface area contributed by atoms with Crippen molar-refractivity contribution in [3.63, 3.8) is 0 Å². The van der Waals surface area contributed by atoms with E-state index in [0.717, 1.165) is 22.8 Å². The van der Waals surface area contributed by atoms with Crippen LogP contribution in [0.15, 0.2) is 132 Å². The highest BCUT2D eigenvalue weighted by Gasteiger charge is 2.30. The zero-order valence-electron chi connectivity index (χ0n) is 20.6. The molecule has 2 atom stereocenters. The second-order valence-electron chi connectivity index (χ2n) is 9.31. The number of hydrogen-bond donors (Lipinski definition) is 2. The van der Waals surface area contributed by atoms with Crippen molar-refractivity contribution in [3.8, 4) is 0 Å². The van der Waals surface area contributed by atoms with Crippen LogP contribution in [0.4, 0.5) is 11.4 Å². The zero-order valence-corrected chi connectivity index (χ0v) is 22.2. The third kappa shape index (κ3) is 4.28. The summed E-state index contributed by atoms with van der Waals surface area (Å²) in [5.74, 6) is 0.